The molecule has 4 nitrogen and oxygen atoms in total. The third-order valence-corrected chi connectivity index (χ3v) is 4.96. The molecule has 1 aliphatic rings. The summed E-state index contributed by atoms with van der Waals surface area (Å²) in [6.45, 7) is 6.10. The van der Waals surface area contributed by atoms with Gasteiger partial charge in [-0.05, 0) is 50.2 Å². The standard InChI is InChI=1S/C15H24N2O2S/c1-3-7-17-8-5-4-6-12(17)15(19)16-14-11(2)10-20-13(14)9-18/h10,12,18H,3-9H2,1-2H3,(H,16,19)/t12-/m0/s1. The van der Waals surface area contributed by atoms with Gasteiger partial charge in [-0.3, -0.25) is 9.69 Å². The van der Waals surface area contributed by atoms with Crippen molar-refractivity contribution in [2.45, 2.75) is 52.2 Å². The van der Waals surface area contributed by atoms with Gasteiger partial charge < -0.3 is 10.4 Å². The lowest BCUT2D eigenvalue weighted by Gasteiger charge is -2.34. The number of carbonyl (C=O) groups is 1. The fourth-order valence-electron chi connectivity index (χ4n) is 2.83. The van der Waals surface area contributed by atoms with Gasteiger partial charge in [0, 0.05) is 0 Å². The van der Waals surface area contributed by atoms with E-state index < -0.39 is 0 Å². The number of amides is 1. The van der Waals surface area contributed by atoms with Crippen LogP contribution in [0.2, 0.25) is 0 Å². The van der Waals surface area contributed by atoms with Crippen molar-refractivity contribution in [2.24, 2.45) is 0 Å². The van der Waals surface area contributed by atoms with E-state index in [1.54, 1.807) is 0 Å². The first-order valence-electron chi connectivity index (χ1n) is 7.40. The lowest BCUT2D eigenvalue weighted by atomic mass is 10.0. The average molecular weight is 296 g/mol. The van der Waals surface area contributed by atoms with Crippen LogP contribution in [0.3, 0.4) is 0 Å². The third kappa shape index (κ3) is 3.40. The van der Waals surface area contributed by atoms with Crippen molar-refractivity contribution in [2.75, 3.05) is 18.4 Å². The maximum Gasteiger partial charge on any atom is 0.241 e. The van der Waals surface area contributed by atoms with Crippen LogP contribution in [0.1, 0.15) is 43.0 Å². The molecule has 2 rings (SSSR count). The number of anilines is 1. The van der Waals surface area contributed by atoms with E-state index in [-0.39, 0.29) is 18.6 Å². The monoisotopic (exact) mass is 296 g/mol. The molecule has 0 bridgehead atoms. The molecule has 0 radical (unpaired) electrons. The second kappa shape index (κ2) is 7.20. The second-order valence-corrected chi connectivity index (χ2v) is 6.38. The van der Waals surface area contributed by atoms with Crippen molar-refractivity contribution in [1.29, 1.82) is 0 Å². The number of thiophene rings is 1. The van der Waals surface area contributed by atoms with Crippen molar-refractivity contribution in [3.05, 3.63) is 15.8 Å². The zero-order chi connectivity index (χ0) is 14.5. The quantitative estimate of drug-likeness (QED) is 0.878. The van der Waals surface area contributed by atoms with E-state index in [4.69, 9.17) is 0 Å². The third-order valence-electron chi connectivity index (χ3n) is 3.87. The Morgan fingerprint density at radius 3 is 3.05 bits per heavy atom. The van der Waals surface area contributed by atoms with Crippen LogP contribution in [0.15, 0.2) is 5.38 Å². The molecule has 112 valence electrons. The van der Waals surface area contributed by atoms with E-state index in [1.165, 1.54) is 17.8 Å². The summed E-state index contributed by atoms with van der Waals surface area (Å²) in [5.41, 5.74) is 1.84. The van der Waals surface area contributed by atoms with Crippen molar-refractivity contribution < 1.29 is 9.90 Å². The average Bonchev–Trinajstić information content (AvgIpc) is 2.80. The minimum atomic E-state index is -0.0189. The van der Waals surface area contributed by atoms with Gasteiger partial charge in [0.25, 0.3) is 0 Å². The smallest absolute Gasteiger partial charge is 0.241 e. The Kier molecular flexibility index (Phi) is 5.57. The van der Waals surface area contributed by atoms with E-state index in [0.717, 1.165) is 48.5 Å². The maximum absolute atomic E-state index is 12.5. The van der Waals surface area contributed by atoms with Crippen LogP contribution >= 0.6 is 11.3 Å². The Hall–Kier alpha value is -0.910. The number of aliphatic hydroxyl groups excluding tert-OH is 1. The van der Waals surface area contributed by atoms with Gasteiger partial charge in [0.2, 0.25) is 5.91 Å². The number of nitrogens with one attached hydrogen (secondary N) is 1. The number of piperidine rings is 1. The summed E-state index contributed by atoms with van der Waals surface area (Å²) >= 11 is 1.50. The van der Waals surface area contributed by atoms with E-state index in [1.807, 2.05) is 12.3 Å². The lowest BCUT2D eigenvalue weighted by molar-refractivity contribution is -0.122. The molecule has 1 aromatic heterocycles. The van der Waals surface area contributed by atoms with Gasteiger partial charge in [-0.1, -0.05) is 13.3 Å². The molecule has 0 unspecified atom stereocenters. The number of likely N-dealkylation sites (tertiary alicyclic amines) is 1. The van der Waals surface area contributed by atoms with Crippen molar-refractivity contribution in [1.82, 2.24) is 4.90 Å². The highest BCUT2D eigenvalue weighted by Gasteiger charge is 2.28. The maximum atomic E-state index is 12.5. The van der Waals surface area contributed by atoms with Gasteiger partial charge in [0.1, 0.15) is 0 Å². The Labute approximate surface area is 124 Å². The topological polar surface area (TPSA) is 52.6 Å². The number of aryl methyl sites for hydroxylation is 1. The first-order chi connectivity index (χ1) is 9.67. The molecule has 0 aromatic carbocycles. The Balaban J connectivity index is 2.07. The highest BCUT2D eigenvalue weighted by molar-refractivity contribution is 7.10. The molecule has 2 heterocycles. The van der Waals surface area contributed by atoms with E-state index in [2.05, 4.69) is 17.1 Å². The van der Waals surface area contributed by atoms with Crippen LogP contribution in [0.25, 0.3) is 0 Å². The molecule has 0 spiro atoms. The first-order valence-corrected chi connectivity index (χ1v) is 8.28. The van der Waals surface area contributed by atoms with Crippen molar-refractivity contribution in [3.8, 4) is 0 Å². The van der Waals surface area contributed by atoms with E-state index >= 15 is 0 Å². The largest absolute Gasteiger partial charge is 0.391 e. The van der Waals surface area contributed by atoms with Crippen LogP contribution in [-0.4, -0.2) is 35.0 Å². The number of aliphatic hydroxyl groups is 1. The fraction of sp³-hybridized carbons (Fsp3) is 0.667. The Morgan fingerprint density at radius 1 is 1.55 bits per heavy atom. The van der Waals surface area contributed by atoms with Crippen molar-refractivity contribution in [3.63, 3.8) is 0 Å². The van der Waals surface area contributed by atoms with Gasteiger partial charge in [0.05, 0.1) is 23.2 Å². The summed E-state index contributed by atoms with van der Waals surface area (Å²) in [6.07, 6.45) is 4.31. The number of hydrogen-bond donors (Lipinski definition) is 2. The van der Waals surface area contributed by atoms with Crippen molar-refractivity contribution >= 4 is 22.9 Å². The molecule has 20 heavy (non-hydrogen) atoms. The number of carbonyl (C=O) groups excluding carboxylic acids is 1. The summed E-state index contributed by atoms with van der Waals surface area (Å²) in [5.74, 6) is 0.0781. The molecule has 0 saturated carbocycles. The van der Waals surface area contributed by atoms with Gasteiger partial charge in [0.15, 0.2) is 0 Å². The van der Waals surface area contributed by atoms with Crippen LogP contribution in [0, 0.1) is 6.92 Å². The molecule has 1 aromatic rings. The van der Waals surface area contributed by atoms with Crippen LogP contribution in [0.5, 0.6) is 0 Å². The predicted octanol–water partition coefficient (Wildman–Crippen LogP) is 2.75. The Morgan fingerprint density at radius 2 is 2.35 bits per heavy atom. The zero-order valence-corrected chi connectivity index (χ0v) is 13.1. The summed E-state index contributed by atoms with van der Waals surface area (Å²) in [4.78, 5) is 15.7. The SMILES string of the molecule is CCCN1CCCC[C@H]1C(=O)Nc1c(C)csc1CO. The first kappa shape index (κ1) is 15.5. The Bertz CT molecular complexity index is 457. The molecular formula is C15H24N2O2S. The lowest BCUT2D eigenvalue weighted by Crippen LogP contribution is -2.47. The summed E-state index contributed by atoms with van der Waals surface area (Å²) in [7, 11) is 0. The summed E-state index contributed by atoms with van der Waals surface area (Å²) in [5, 5.41) is 14.4. The number of rotatable bonds is 5. The number of nitrogens with zero attached hydrogens (tertiary/aromatic N) is 1. The second-order valence-electron chi connectivity index (χ2n) is 5.41. The van der Waals surface area contributed by atoms with Gasteiger partial charge >= 0.3 is 0 Å². The predicted molar refractivity (Wildman–Crippen MR) is 83.1 cm³/mol. The molecule has 1 amide bonds. The highest BCUT2D eigenvalue weighted by Crippen LogP contribution is 2.28. The normalized spacial score (nSPS) is 20.1. The zero-order valence-electron chi connectivity index (χ0n) is 12.3. The van der Waals surface area contributed by atoms with Crippen LogP contribution < -0.4 is 5.32 Å². The van der Waals surface area contributed by atoms with E-state index in [9.17, 15) is 9.90 Å². The minimum Gasteiger partial charge on any atom is -0.391 e. The molecule has 1 fully saturated rings. The molecule has 2 N–H and O–H groups in total. The van der Waals surface area contributed by atoms with Gasteiger partial charge in [-0.15, -0.1) is 11.3 Å². The van der Waals surface area contributed by atoms with Crippen LogP contribution in [-0.2, 0) is 11.4 Å². The summed E-state index contributed by atoms with van der Waals surface area (Å²) in [6, 6.07) is -0.0189. The summed E-state index contributed by atoms with van der Waals surface area (Å²) < 4.78 is 0. The highest BCUT2D eigenvalue weighted by atomic mass is 32.1. The fourth-order valence-corrected chi connectivity index (χ4v) is 3.67. The van der Waals surface area contributed by atoms with Crippen LogP contribution in [0.4, 0.5) is 5.69 Å². The molecule has 1 aliphatic heterocycles. The molecule has 5 heteroatoms. The molecule has 1 atom stereocenters. The van der Waals surface area contributed by atoms with E-state index in [0.29, 0.717) is 0 Å². The molecular weight excluding hydrogens is 272 g/mol. The molecule has 0 aliphatic carbocycles. The molecule has 1 saturated heterocycles. The van der Waals surface area contributed by atoms with Gasteiger partial charge in [-0.25, -0.2) is 0 Å². The number of hydrogen-bond acceptors (Lipinski definition) is 4. The van der Waals surface area contributed by atoms with Gasteiger partial charge in [-0.2, -0.15) is 0 Å². The minimum absolute atomic E-state index is 0.0164.